The van der Waals surface area contributed by atoms with Crippen LogP contribution in [0.5, 0.6) is 0 Å². The monoisotopic (exact) mass is 404 g/mol. The zero-order valence-corrected chi connectivity index (χ0v) is 16.7. The predicted molar refractivity (Wildman–Crippen MR) is 109 cm³/mol. The van der Waals surface area contributed by atoms with E-state index in [1.807, 2.05) is 44.6 Å². The van der Waals surface area contributed by atoms with E-state index in [0.29, 0.717) is 17.4 Å². The molecule has 0 aliphatic rings. The van der Waals surface area contributed by atoms with Gasteiger partial charge in [0.05, 0.1) is 13.1 Å². The number of carbonyl (C=O) groups excluding carboxylic acids is 1. The van der Waals surface area contributed by atoms with Crippen molar-refractivity contribution in [2.75, 3.05) is 26.0 Å². The van der Waals surface area contributed by atoms with Crippen molar-refractivity contribution in [1.82, 2.24) is 25.0 Å². The van der Waals surface area contributed by atoms with Crippen LogP contribution in [-0.2, 0) is 13.1 Å². The molecule has 0 fully saturated rings. The summed E-state index contributed by atoms with van der Waals surface area (Å²) in [5, 5.41) is 11.5. The lowest BCUT2D eigenvalue weighted by molar-refractivity contribution is 0.251. The molecule has 9 heteroatoms. The molecule has 2 heterocycles. The number of nitrogens with zero attached hydrogens (tertiary/aromatic N) is 4. The molecule has 27 heavy (non-hydrogen) atoms. The number of hydrogen-bond acceptors (Lipinski definition) is 5. The van der Waals surface area contributed by atoms with Crippen molar-refractivity contribution in [1.29, 1.82) is 0 Å². The van der Waals surface area contributed by atoms with Crippen LogP contribution in [0.4, 0.5) is 10.6 Å². The first-order valence-corrected chi connectivity index (χ1v) is 9.63. The van der Waals surface area contributed by atoms with Crippen LogP contribution in [0.15, 0.2) is 42.7 Å². The predicted octanol–water partition coefficient (Wildman–Crippen LogP) is 3.54. The highest BCUT2D eigenvalue weighted by Crippen LogP contribution is 2.26. The lowest BCUT2D eigenvalue weighted by Gasteiger charge is -2.08. The fraction of sp³-hybridized carbons (Fsp3) is 0.278. The average molecular weight is 405 g/mol. The normalized spacial score (nSPS) is 11.0. The fourth-order valence-corrected chi connectivity index (χ4v) is 3.28. The smallest absolute Gasteiger partial charge is 0.320 e. The van der Waals surface area contributed by atoms with Gasteiger partial charge in [0.15, 0.2) is 5.82 Å². The van der Waals surface area contributed by atoms with E-state index in [2.05, 4.69) is 25.6 Å². The Bertz CT molecular complexity index is 889. The molecule has 2 amide bonds. The largest absolute Gasteiger partial charge is 0.333 e. The van der Waals surface area contributed by atoms with Gasteiger partial charge in [-0.2, -0.15) is 5.10 Å². The van der Waals surface area contributed by atoms with Crippen molar-refractivity contribution < 1.29 is 4.79 Å². The van der Waals surface area contributed by atoms with Gasteiger partial charge < -0.3 is 10.2 Å². The van der Waals surface area contributed by atoms with E-state index >= 15 is 0 Å². The molecule has 3 rings (SSSR count). The number of anilines is 1. The van der Waals surface area contributed by atoms with Gasteiger partial charge in [-0.05, 0) is 26.2 Å². The van der Waals surface area contributed by atoms with Crippen molar-refractivity contribution >= 4 is 34.8 Å². The van der Waals surface area contributed by atoms with E-state index in [4.69, 9.17) is 11.6 Å². The maximum Gasteiger partial charge on any atom is 0.320 e. The number of likely N-dealkylation sites (N-methyl/N-ethyl adjacent to an activating group) is 1. The molecule has 0 bridgehead atoms. The minimum absolute atomic E-state index is 0.297. The molecule has 0 atom stereocenters. The number of nitrogens with one attached hydrogen (secondary N) is 2. The second kappa shape index (κ2) is 8.98. The van der Waals surface area contributed by atoms with Gasteiger partial charge in [-0.15, -0.1) is 11.3 Å². The van der Waals surface area contributed by atoms with Crippen LogP contribution in [-0.4, -0.2) is 46.3 Å². The summed E-state index contributed by atoms with van der Waals surface area (Å²) in [4.78, 5) is 19.5. The minimum atomic E-state index is -0.297. The number of carbonyl (C=O) groups is 1. The first-order valence-electron chi connectivity index (χ1n) is 8.43. The summed E-state index contributed by atoms with van der Waals surface area (Å²) in [6.45, 7) is 2.05. The summed E-state index contributed by atoms with van der Waals surface area (Å²) in [5.74, 6) is 0.525. The molecule has 7 nitrogen and oxygen atoms in total. The highest BCUT2D eigenvalue weighted by Gasteiger charge is 2.08. The van der Waals surface area contributed by atoms with Crippen molar-refractivity contribution in [3.63, 3.8) is 0 Å². The Morgan fingerprint density at radius 2 is 2.04 bits per heavy atom. The Balaban J connectivity index is 1.49. The molecule has 0 radical (unpaired) electrons. The summed E-state index contributed by atoms with van der Waals surface area (Å²) in [6, 6.07) is 9.01. The first-order chi connectivity index (χ1) is 13.0. The molecule has 142 valence electrons. The van der Waals surface area contributed by atoms with Crippen LogP contribution in [0.25, 0.3) is 10.6 Å². The lowest BCUT2D eigenvalue weighted by atomic mass is 10.2. The Hall–Kier alpha value is -2.42. The fourth-order valence-electron chi connectivity index (χ4n) is 2.30. The summed E-state index contributed by atoms with van der Waals surface area (Å²) in [5.41, 5.74) is 1.00. The van der Waals surface area contributed by atoms with E-state index in [9.17, 15) is 4.79 Å². The van der Waals surface area contributed by atoms with Gasteiger partial charge in [-0.1, -0.05) is 23.7 Å². The first kappa shape index (κ1) is 19.3. The Kier molecular flexibility index (Phi) is 6.44. The highest BCUT2D eigenvalue weighted by atomic mass is 35.5. The molecule has 0 aliphatic carbocycles. The van der Waals surface area contributed by atoms with Crippen LogP contribution in [0.1, 0.15) is 4.88 Å². The third kappa shape index (κ3) is 5.78. The SMILES string of the molecule is CN(C)CCn1ccc(NC(=O)NCc2cnc(-c3ccc(Cl)cc3)s2)n1. The Morgan fingerprint density at radius 3 is 2.78 bits per heavy atom. The Morgan fingerprint density at radius 1 is 1.26 bits per heavy atom. The van der Waals surface area contributed by atoms with Gasteiger partial charge in [0, 0.05) is 40.5 Å². The number of rotatable bonds is 7. The molecule has 2 aromatic heterocycles. The molecule has 0 spiro atoms. The topological polar surface area (TPSA) is 75.1 Å². The number of thiazole rings is 1. The van der Waals surface area contributed by atoms with Gasteiger partial charge in [-0.25, -0.2) is 9.78 Å². The quantitative estimate of drug-likeness (QED) is 0.631. The maximum atomic E-state index is 12.1. The van der Waals surface area contributed by atoms with Crippen LogP contribution in [0.3, 0.4) is 0 Å². The number of amides is 2. The molecule has 0 saturated heterocycles. The molecular formula is C18H21ClN6OS. The van der Waals surface area contributed by atoms with Crippen LogP contribution >= 0.6 is 22.9 Å². The van der Waals surface area contributed by atoms with Gasteiger partial charge >= 0.3 is 6.03 Å². The molecule has 0 aliphatic heterocycles. The van der Waals surface area contributed by atoms with Crippen molar-refractivity contribution in [3.8, 4) is 10.6 Å². The van der Waals surface area contributed by atoms with E-state index < -0.39 is 0 Å². The third-order valence-corrected chi connectivity index (χ3v) is 5.02. The standard InChI is InChI=1S/C18H21ClN6OS/c1-24(2)9-10-25-8-7-16(23-25)22-18(26)21-12-15-11-20-17(27-15)13-3-5-14(19)6-4-13/h3-8,11H,9-10,12H2,1-2H3,(H2,21,22,23,26). The average Bonchev–Trinajstić information content (AvgIpc) is 3.28. The zero-order chi connectivity index (χ0) is 19.2. The molecule has 1 aromatic carbocycles. The number of halogens is 1. The lowest BCUT2D eigenvalue weighted by Crippen LogP contribution is -2.28. The van der Waals surface area contributed by atoms with Crippen molar-refractivity contribution in [2.45, 2.75) is 13.1 Å². The molecule has 3 aromatic rings. The van der Waals surface area contributed by atoms with Crippen LogP contribution in [0, 0.1) is 0 Å². The van der Waals surface area contributed by atoms with Gasteiger partial charge in [0.1, 0.15) is 5.01 Å². The van der Waals surface area contributed by atoms with Gasteiger partial charge in [0.25, 0.3) is 0 Å². The molecule has 0 saturated carbocycles. The number of benzene rings is 1. The zero-order valence-electron chi connectivity index (χ0n) is 15.1. The van der Waals surface area contributed by atoms with Crippen LogP contribution < -0.4 is 10.6 Å². The Labute approximate surface area is 167 Å². The van der Waals surface area contributed by atoms with Crippen LogP contribution in [0.2, 0.25) is 5.02 Å². The van der Waals surface area contributed by atoms with E-state index in [0.717, 1.165) is 28.5 Å². The van der Waals surface area contributed by atoms with E-state index in [-0.39, 0.29) is 6.03 Å². The maximum absolute atomic E-state index is 12.1. The summed E-state index contributed by atoms with van der Waals surface area (Å²) >= 11 is 7.44. The number of aromatic nitrogens is 3. The molecule has 2 N–H and O–H groups in total. The van der Waals surface area contributed by atoms with Crippen molar-refractivity contribution in [2.24, 2.45) is 0 Å². The molecule has 0 unspecified atom stereocenters. The third-order valence-electron chi connectivity index (χ3n) is 3.73. The second-order valence-corrected chi connectivity index (χ2v) is 7.77. The van der Waals surface area contributed by atoms with Gasteiger partial charge in [0.2, 0.25) is 0 Å². The number of urea groups is 1. The van der Waals surface area contributed by atoms with E-state index in [1.54, 1.807) is 16.9 Å². The van der Waals surface area contributed by atoms with Crippen molar-refractivity contribution in [3.05, 3.63) is 52.6 Å². The minimum Gasteiger partial charge on any atom is -0.333 e. The summed E-state index contributed by atoms with van der Waals surface area (Å²) in [7, 11) is 4.02. The highest BCUT2D eigenvalue weighted by molar-refractivity contribution is 7.15. The van der Waals surface area contributed by atoms with Gasteiger partial charge in [-0.3, -0.25) is 10.00 Å². The second-order valence-electron chi connectivity index (χ2n) is 6.21. The summed E-state index contributed by atoms with van der Waals surface area (Å²) in [6.07, 6.45) is 3.62. The molecular weight excluding hydrogens is 384 g/mol. The number of hydrogen-bond donors (Lipinski definition) is 2. The summed E-state index contributed by atoms with van der Waals surface area (Å²) < 4.78 is 1.80. The van der Waals surface area contributed by atoms with E-state index in [1.165, 1.54) is 11.3 Å².